The number of piperidine rings is 1. The molecule has 3 aromatic rings. The molecule has 27 heavy (non-hydrogen) atoms. The molecule has 1 fully saturated rings. The maximum absolute atomic E-state index is 10.3. The number of benzene rings is 2. The molecule has 5 heteroatoms. The Hall–Kier alpha value is -2.66. The molecule has 0 saturated carbocycles. The third-order valence-corrected chi connectivity index (χ3v) is 5.47. The molecule has 1 unspecified atom stereocenters. The van der Waals surface area contributed by atoms with Crippen molar-refractivity contribution in [2.24, 2.45) is 5.41 Å². The highest BCUT2D eigenvalue weighted by Gasteiger charge is 2.36. The van der Waals surface area contributed by atoms with Crippen LogP contribution >= 0.6 is 0 Å². The van der Waals surface area contributed by atoms with Gasteiger partial charge < -0.3 is 14.7 Å². The van der Waals surface area contributed by atoms with Crippen molar-refractivity contribution in [3.05, 3.63) is 60.3 Å². The van der Waals surface area contributed by atoms with E-state index >= 15 is 0 Å². The Bertz CT molecular complexity index is 930. The molecule has 0 radical (unpaired) electrons. The van der Waals surface area contributed by atoms with E-state index in [4.69, 9.17) is 9.72 Å². The lowest BCUT2D eigenvalue weighted by atomic mass is 9.75. The Morgan fingerprint density at radius 2 is 2.00 bits per heavy atom. The molecule has 1 N–H and O–H groups in total. The molecular formula is C22H25N3O2. The standard InChI is InChI=1S/C22H25N3O2/c1-27-18-7-4-6-17(12-18)13-22(16-26)10-5-11-25(15-22)21-14-23-19-8-2-3-9-20(19)24-21/h2-4,6-9,12,14,26H,5,10-11,13,15-16H2,1H3. The number of aliphatic hydroxyl groups excluding tert-OH is 1. The van der Waals surface area contributed by atoms with Crippen molar-refractivity contribution in [3.8, 4) is 5.75 Å². The van der Waals surface area contributed by atoms with Crippen molar-refractivity contribution in [3.63, 3.8) is 0 Å². The minimum absolute atomic E-state index is 0.154. The number of hydrogen-bond acceptors (Lipinski definition) is 5. The van der Waals surface area contributed by atoms with E-state index in [2.05, 4.69) is 22.0 Å². The minimum Gasteiger partial charge on any atom is -0.497 e. The van der Waals surface area contributed by atoms with Crippen LogP contribution in [0.1, 0.15) is 18.4 Å². The molecular weight excluding hydrogens is 338 g/mol. The molecule has 0 aliphatic carbocycles. The lowest BCUT2D eigenvalue weighted by Gasteiger charge is -2.42. The summed E-state index contributed by atoms with van der Waals surface area (Å²) in [5.74, 6) is 1.74. The van der Waals surface area contributed by atoms with Crippen LogP contribution in [0.25, 0.3) is 11.0 Å². The van der Waals surface area contributed by atoms with E-state index < -0.39 is 0 Å². The smallest absolute Gasteiger partial charge is 0.147 e. The number of aromatic nitrogens is 2. The summed E-state index contributed by atoms with van der Waals surface area (Å²) in [4.78, 5) is 11.6. The van der Waals surface area contributed by atoms with Gasteiger partial charge in [-0.2, -0.15) is 0 Å². The number of aliphatic hydroxyl groups is 1. The Morgan fingerprint density at radius 1 is 1.15 bits per heavy atom. The summed E-state index contributed by atoms with van der Waals surface area (Å²) < 4.78 is 5.35. The molecule has 0 amide bonds. The van der Waals surface area contributed by atoms with Gasteiger partial charge in [-0.15, -0.1) is 0 Å². The third kappa shape index (κ3) is 3.74. The van der Waals surface area contributed by atoms with Crippen LogP contribution in [0.3, 0.4) is 0 Å². The number of rotatable bonds is 5. The number of ether oxygens (including phenoxy) is 1. The normalized spacial score (nSPS) is 20.0. The second-order valence-corrected chi connectivity index (χ2v) is 7.43. The third-order valence-electron chi connectivity index (χ3n) is 5.47. The van der Waals surface area contributed by atoms with Crippen molar-refractivity contribution in [2.75, 3.05) is 31.7 Å². The molecule has 1 saturated heterocycles. The molecule has 140 valence electrons. The highest BCUT2D eigenvalue weighted by molar-refractivity contribution is 5.75. The first kappa shape index (κ1) is 17.7. The van der Waals surface area contributed by atoms with Gasteiger partial charge in [-0.3, -0.25) is 4.98 Å². The van der Waals surface area contributed by atoms with Gasteiger partial charge in [0.25, 0.3) is 0 Å². The van der Waals surface area contributed by atoms with Crippen LogP contribution in [0.2, 0.25) is 0 Å². The number of nitrogens with zero attached hydrogens (tertiary/aromatic N) is 3. The fourth-order valence-electron chi connectivity index (χ4n) is 4.05. The summed E-state index contributed by atoms with van der Waals surface area (Å²) in [5, 5.41) is 10.3. The number of para-hydroxylation sites is 2. The quantitative estimate of drug-likeness (QED) is 0.752. The van der Waals surface area contributed by atoms with E-state index in [0.29, 0.717) is 0 Å². The topological polar surface area (TPSA) is 58.5 Å². The van der Waals surface area contributed by atoms with Gasteiger partial charge in [-0.25, -0.2) is 4.98 Å². The zero-order chi connectivity index (χ0) is 18.7. The van der Waals surface area contributed by atoms with E-state index in [-0.39, 0.29) is 12.0 Å². The van der Waals surface area contributed by atoms with E-state index in [1.165, 1.54) is 5.56 Å². The highest BCUT2D eigenvalue weighted by Crippen LogP contribution is 2.35. The first-order chi connectivity index (χ1) is 13.2. The van der Waals surface area contributed by atoms with Crippen LogP contribution in [0.5, 0.6) is 5.75 Å². The molecule has 1 aliphatic rings. The number of fused-ring (bicyclic) bond motifs is 1. The van der Waals surface area contributed by atoms with Gasteiger partial charge in [-0.05, 0) is 49.1 Å². The maximum Gasteiger partial charge on any atom is 0.147 e. The Kier molecular flexibility index (Phi) is 4.94. The zero-order valence-electron chi connectivity index (χ0n) is 15.6. The highest BCUT2D eigenvalue weighted by atomic mass is 16.5. The van der Waals surface area contributed by atoms with Crippen molar-refractivity contribution < 1.29 is 9.84 Å². The molecule has 0 spiro atoms. The lowest BCUT2D eigenvalue weighted by Crippen LogP contribution is -2.47. The van der Waals surface area contributed by atoms with Crippen molar-refractivity contribution in [1.82, 2.24) is 9.97 Å². The molecule has 4 rings (SSSR count). The van der Waals surface area contributed by atoms with E-state index in [9.17, 15) is 5.11 Å². The first-order valence-corrected chi connectivity index (χ1v) is 9.42. The van der Waals surface area contributed by atoms with Crippen LogP contribution in [0.4, 0.5) is 5.82 Å². The average Bonchev–Trinajstić information content (AvgIpc) is 2.73. The van der Waals surface area contributed by atoms with E-state index in [0.717, 1.165) is 55.0 Å². The molecule has 1 aromatic heterocycles. The van der Waals surface area contributed by atoms with Crippen LogP contribution in [-0.4, -0.2) is 41.9 Å². The largest absolute Gasteiger partial charge is 0.497 e. The summed E-state index contributed by atoms with van der Waals surface area (Å²) in [6.07, 6.45) is 4.69. The second-order valence-electron chi connectivity index (χ2n) is 7.43. The monoisotopic (exact) mass is 363 g/mol. The van der Waals surface area contributed by atoms with Gasteiger partial charge in [0.1, 0.15) is 11.6 Å². The molecule has 2 heterocycles. The van der Waals surface area contributed by atoms with Gasteiger partial charge >= 0.3 is 0 Å². The van der Waals surface area contributed by atoms with E-state index in [1.54, 1.807) is 7.11 Å². The number of hydrogen-bond donors (Lipinski definition) is 1. The van der Waals surface area contributed by atoms with Crippen LogP contribution in [-0.2, 0) is 6.42 Å². The fraction of sp³-hybridized carbons (Fsp3) is 0.364. The Morgan fingerprint density at radius 3 is 2.81 bits per heavy atom. The van der Waals surface area contributed by atoms with Gasteiger partial charge in [0.05, 0.1) is 30.9 Å². The molecule has 5 nitrogen and oxygen atoms in total. The second kappa shape index (κ2) is 7.53. The van der Waals surface area contributed by atoms with Crippen LogP contribution < -0.4 is 9.64 Å². The van der Waals surface area contributed by atoms with Crippen molar-refractivity contribution in [2.45, 2.75) is 19.3 Å². The summed E-state index contributed by atoms with van der Waals surface area (Å²) in [7, 11) is 1.68. The number of methoxy groups -OCH3 is 1. The minimum atomic E-state index is -0.183. The Balaban J connectivity index is 1.58. The average molecular weight is 363 g/mol. The molecule has 0 bridgehead atoms. The van der Waals surface area contributed by atoms with Crippen LogP contribution in [0, 0.1) is 5.41 Å². The predicted octanol–water partition coefficient (Wildman–Crippen LogP) is 3.46. The lowest BCUT2D eigenvalue weighted by molar-refractivity contribution is 0.105. The molecule has 2 aromatic carbocycles. The van der Waals surface area contributed by atoms with Gasteiger partial charge in [0.2, 0.25) is 0 Å². The summed E-state index contributed by atoms with van der Waals surface area (Å²) in [6.45, 7) is 1.86. The van der Waals surface area contributed by atoms with Gasteiger partial charge in [0, 0.05) is 18.5 Å². The molecule has 1 atom stereocenters. The zero-order valence-corrected chi connectivity index (χ0v) is 15.6. The molecule has 1 aliphatic heterocycles. The van der Waals surface area contributed by atoms with Crippen LogP contribution in [0.15, 0.2) is 54.7 Å². The first-order valence-electron chi connectivity index (χ1n) is 9.42. The van der Waals surface area contributed by atoms with Gasteiger partial charge in [0.15, 0.2) is 0 Å². The maximum atomic E-state index is 10.3. The SMILES string of the molecule is COc1cccc(CC2(CO)CCCN(c3cnc4ccccc4n3)C2)c1. The summed E-state index contributed by atoms with van der Waals surface area (Å²) >= 11 is 0. The number of anilines is 1. The van der Waals surface area contributed by atoms with Gasteiger partial charge in [-0.1, -0.05) is 24.3 Å². The van der Waals surface area contributed by atoms with Crippen molar-refractivity contribution >= 4 is 16.9 Å². The summed E-state index contributed by atoms with van der Waals surface area (Å²) in [6, 6.07) is 16.1. The van der Waals surface area contributed by atoms with Crippen molar-refractivity contribution in [1.29, 1.82) is 0 Å². The Labute approximate surface area is 159 Å². The van der Waals surface area contributed by atoms with E-state index in [1.807, 2.05) is 42.6 Å². The summed E-state index contributed by atoms with van der Waals surface area (Å²) in [5.41, 5.74) is 2.82. The predicted molar refractivity (Wildman–Crippen MR) is 107 cm³/mol. The fourth-order valence-corrected chi connectivity index (χ4v) is 4.05.